The van der Waals surface area contributed by atoms with Gasteiger partial charge in [-0.1, -0.05) is 37.3 Å². The van der Waals surface area contributed by atoms with Crippen LogP contribution in [-0.2, 0) is 20.2 Å². The van der Waals surface area contributed by atoms with Crippen LogP contribution >= 0.6 is 7.60 Å². The van der Waals surface area contributed by atoms with E-state index in [2.05, 4.69) is 0 Å². The van der Waals surface area contributed by atoms with E-state index in [1.54, 1.807) is 0 Å². The minimum atomic E-state index is -2.88. The second-order valence-corrected chi connectivity index (χ2v) is 5.70. The van der Waals surface area contributed by atoms with Crippen LogP contribution < -0.4 is 0 Å². The predicted molar refractivity (Wildman–Crippen MR) is 65.6 cm³/mol. The molecule has 1 aromatic carbocycles. The lowest BCUT2D eigenvalue weighted by atomic mass is 10.2. The van der Waals surface area contributed by atoms with Gasteiger partial charge >= 0.3 is 7.60 Å². The van der Waals surface area contributed by atoms with Crippen molar-refractivity contribution >= 4 is 7.60 Å². The predicted octanol–water partition coefficient (Wildman–Crippen LogP) is 3.84. The number of hydrogen-bond acceptors (Lipinski definition) is 3. The molecule has 0 spiro atoms. The standard InChI is InChI=1S/C12H19O3P/c1-3-10-16(13,14-4-2)15-11-12-8-6-5-7-9-12/h5-9H,3-4,10-11H2,1-2H3. The van der Waals surface area contributed by atoms with Crippen LogP contribution in [0, 0.1) is 0 Å². The van der Waals surface area contributed by atoms with Gasteiger partial charge in [0.1, 0.15) is 0 Å². The first-order chi connectivity index (χ1) is 7.70. The van der Waals surface area contributed by atoms with E-state index in [9.17, 15) is 4.57 Å². The second-order valence-electron chi connectivity index (χ2n) is 3.51. The molecule has 1 atom stereocenters. The van der Waals surface area contributed by atoms with Gasteiger partial charge in [0.2, 0.25) is 0 Å². The smallest absolute Gasteiger partial charge is 0.309 e. The monoisotopic (exact) mass is 242 g/mol. The molecule has 0 saturated carbocycles. The molecule has 0 radical (unpaired) electrons. The molecular weight excluding hydrogens is 223 g/mol. The SMILES string of the molecule is CCCP(=O)(OCC)OCc1ccccc1. The summed E-state index contributed by atoms with van der Waals surface area (Å²) in [7, 11) is -2.88. The third kappa shape index (κ3) is 4.48. The van der Waals surface area contributed by atoms with Gasteiger partial charge in [0.15, 0.2) is 0 Å². The fourth-order valence-corrected chi connectivity index (χ4v) is 3.00. The van der Waals surface area contributed by atoms with Crippen LogP contribution in [0.2, 0.25) is 0 Å². The summed E-state index contributed by atoms with van der Waals surface area (Å²) < 4.78 is 22.8. The highest BCUT2D eigenvalue weighted by atomic mass is 31.2. The first-order valence-electron chi connectivity index (χ1n) is 5.62. The van der Waals surface area contributed by atoms with Crippen molar-refractivity contribution in [3.05, 3.63) is 35.9 Å². The van der Waals surface area contributed by atoms with E-state index in [0.29, 0.717) is 19.4 Å². The van der Waals surface area contributed by atoms with E-state index in [4.69, 9.17) is 9.05 Å². The van der Waals surface area contributed by atoms with E-state index in [0.717, 1.165) is 12.0 Å². The maximum atomic E-state index is 12.1. The van der Waals surface area contributed by atoms with Crippen molar-refractivity contribution in [2.24, 2.45) is 0 Å². The van der Waals surface area contributed by atoms with Crippen molar-refractivity contribution in [2.45, 2.75) is 26.9 Å². The average Bonchev–Trinajstić information content (AvgIpc) is 2.29. The zero-order chi connectivity index (χ0) is 11.9. The first kappa shape index (κ1) is 13.4. The Balaban J connectivity index is 2.53. The third-order valence-corrected chi connectivity index (χ3v) is 4.26. The van der Waals surface area contributed by atoms with Crippen LogP contribution in [0.1, 0.15) is 25.8 Å². The van der Waals surface area contributed by atoms with Crippen LogP contribution in [0.25, 0.3) is 0 Å². The van der Waals surface area contributed by atoms with E-state index in [1.807, 2.05) is 44.2 Å². The van der Waals surface area contributed by atoms with E-state index in [-0.39, 0.29) is 0 Å². The number of benzene rings is 1. The van der Waals surface area contributed by atoms with Crippen molar-refractivity contribution in [2.75, 3.05) is 12.8 Å². The fraction of sp³-hybridized carbons (Fsp3) is 0.500. The lowest BCUT2D eigenvalue weighted by Gasteiger charge is -2.17. The zero-order valence-electron chi connectivity index (χ0n) is 9.89. The maximum Gasteiger partial charge on any atom is 0.330 e. The van der Waals surface area contributed by atoms with E-state index < -0.39 is 7.60 Å². The minimum absolute atomic E-state index is 0.345. The van der Waals surface area contributed by atoms with Gasteiger partial charge in [-0.05, 0) is 18.9 Å². The summed E-state index contributed by atoms with van der Waals surface area (Å²) in [6, 6.07) is 9.70. The normalized spacial score (nSPS) is 14.6. The summed E-state index contributed by atoms with van der Waals surface area (Å²) in [5, 5.41) is 0. The molecule has 0 aromatic heterocycles. The average molecular weight is 242 g/mol. The molecular formula is C12H19O3P. The molecule has 1 aromatic rings. The van der Waals surface area contributed by atoms with Crippen LogP contribution in [-0.4, -0.2) is 12.8 Å². The third-order valence-electron chi connectivity index (χ3n) is 2.09. The van der Waals surface area contributed by atoms with Crippen molar-refractivity contribution in [1.82, 2.24) is 0 Å². The summed E-state index contributed by atoms with van der Waals surface area (Å²) in [4.78, 5) is 0. The Morgan fingerprint density at radius 2 is 1.81 bits per heavy atom. The Hall–Kier alpha value is -0.630. The highest BCUT2D eigenvalue weighted by molar-refractivity contribution is 7.53. The Morgan fingerprint density at radius 1 is 1.12 bits per heavy atom. The Morgan fingerprint density at radius 3 is 2.38 bits per heavy atom. The van der Waals surface area contributed by atoms with Crippen molar-refractivity contribution in [3.63, 3.8) is 0 Å². The lowest BCUT2D eigenvalue weighted by Crippen LogP contribution is -2.00. The van der Waals surface area contributed by atoms with Crippen LogP contribution in [0.15, 0.2) is 30.3 Å². The van der Waals surface area contributed by atoms with Crippen molar-refractivity contribution in [1.29, 1.82) is 0 Å². The molecule has 0 saturated heterocycles. The summed E-state index contributed by atoms with van der Waals surface area (Å²) in [5.74, 6) is 0. The van der Waals surface area contributed by atoms with Crippen molar-refractivity contribution in [3.8, 4) is 0 Å². The van der Waals surface area contributed by atoms with Gasteiger partial charge in [-0.15, -0.1) is 0 Å². The Bertz CT molecular complexity index is 327. The summed E-state index contributed by atoms with van der Waals surface area (Å²) in [6.07, 6.45) is 1.28. The van der Waals surface area contributed by atoms with Gasteiger partial charge in [0.25, 0.3) is 0 Å². The van der Waals surface area contributed by atoms with E-state index >= 15 is 0 Å². The van der Waals surface area contributed by atoms with Gasteiger partial charge in [-0.2, -0.15) is 0 Å². The molecule has 90 valence electrons. The first-order valence-corrected chi connectivity index (χ1v) is 7.35. The van der Waals surface area contributed by atoms with Crippen LogP contribution in [0.4, 0.5) is 0 Å². The Kier molecular flexibility index (Phi) is 5.75. The molecule has 1 unspecified atom stereocenters. The molecule has 1 rings (SSSR count). The molecule has 16 heavy (non-hydrogen) atoms. The maximum absolute atomic E-state index is 12.1. The number of hydrogen-bond donors (Lipinski definition) is 0. The van der Waals surface area contributed by atoms with Gasteiger partial charge in [-0.25, -0.2) is 0 Å². The molecule has 0 bridgehead atoms. The molecule has 3 nitrogen and oxygen atoms in total. The molecule has 0 fully saturated rings. The van der Waals surface area contributed by atoms with Crippen LogP contribution in [0.3, 0.4) is 0 Å². The summed E-state index contributed by atoms with van der Waals surface area (Å²) in [5.41, 5.74) is 1.01. The highest BCUT2D eigenvalue weighted by Gasteiger charge is 2.22. The largest absolute Gasteiger partial charge is 0.330 e. The molecule has 0 amide bonds. The molecule has 0 heterocycles. The van der Waals surface area contributed by atoms with Gasteiger partial charge in [-0.3, -0.25) is 4.57 Å². The van der Waals surface area contributed by atoms with Gasteiger partial charge in [0.05, 0.1) is 13.2 Å². The van der Waals surface area contributed by atoms with Gasteiger partial charge < -0.3 is 9.05 Å². The van der Waals surface area contributed by atoms with E-state index in [1.165, 1.54) is 0 Å². The fourth-order valence-electron chi connectivity index (χ4n) is 1.38. The van der Waals surface area contributed by atoms with Crippen LogP contribution in [0.5, 0.6) is 0 Å². The number of rotatable bonds is 7. The molecule has 0 aliphatic carbocycles. The summed E-state index contributed by atoms with van der Waals surface area (Å²) >= 11 is 0. The Labute approximate surface area is 97.3 Å². The topological polar surface area (TPSA) is 35.5 Å². The highest BCUT2D eigenvalue weighted by Crippen LogP contribution is 2.49. The zero-order valence-corrected chi connectivity index (χ0v) is 10.8. The van der Waals surface area contributed by atoms with Crippen molar-refractivity contribution < 1.29 is 13.6 Å². The second kappa shape index (κ2) is 6.85. The lowest BCUT2D eigenvalue weighted by molar-refractivity contribution is 0.204. The minimum Gasteiger partial charge on any atom is -0.309 e. The molecule has 0 N–H and O–H groups in total. The molecule has 0 aliphatic heterocycles. The molecule has 0 aliphatic rings. The van der Waals surface area contributed by atoms with Gasteiger partial charge in [0, 0.05) is 6.16 Å². The summed E-state index contributed by atoms with van der Waals surface area (Å²) in [6.45, 7) is 4.57. The quantitative estimate of drug-likeness (QED) is 0.681. The molecule has 4 heteroatoms.